The third-order valence-electron chi connectivity index (χ3n) is 3.58. The summed E-state index contributed by atoms with van der Waals surface area (Å²) in [6.07, 6.45) is 3.52. The summed E-state index contributed by atoms with van der Waals surface area (Å²) >= 11 is 0. The number of carbonyl (C=O) groups is 2. The van der Waals surface area contributed by atoms with E-state index in [1.54, 1.807) is 12.3 Å². The van der Waals surface area contributed by atoms with Gasteiger partial charge in [-0.15, -0.1) is 0 Å². The molecule has 2 N–H and O–H groups in total. The number of hydrogen-bond donors (Lipinski definition) is 2. The number of carbonyl (C=O) groups excluding carboxylic acids is 1. The minimum atomic E-state index is -0.854. The van der Waals surface area contributed by atoms with Gasteiger partial charge in [0.2, 0.25) is 5.91 Å². The van der Waals surface area contributed by atoms with Gasteiger partial charge in [0.1, 0.15) is 5.76 Å². The van der Waals surface area contributed by atoms with Crippen LogP contribution < -0.4 is 5.32 Å². The predicted octanol–water partition coefficient (Wildman–Crippen LogP) is 2.80. The number of carboxylic acids is 1. The summed E-state index contributed by atoms with van der Waals surface area (Å²) in [6, 6.07) is 13.2. The van der Waals surface area contributed by atoms with Crippen LogP contribution in [0.2, 0.25) is 0 Å². The molecule has 0 aliphatic carbocycles. The summed E-state index contributed by atoms with van der Waals surface area (Å²) in [4.78, 5) is 22.9. The molecule has 1 atom stereocenters. The van der Waals surface area contributed by atoms with E-state index in [-0.39, 0.29) is 18.4 Å². The Morgan fingerprint density at radius 1 is 1.09 bits per heavy atom. The molecule has 1 aromatic heterocycles. The lowest BCUT2D eigenvalue weighted by Crippen LogP contribution is -2.37. The van der Waals surface area contributed by atoms with Gasteiger partial charge >= 0.3 is 5.97 Å². The molecule has 5 nitrogen and oxygen atoms in total. The van der Waals surface area contributed by atoms with Gasteiger partial charge in [-0.2, -0.15) is 0 Å². The summed E-state index contributed by atoms with van der Waals surface area (Å²) in [5.74, 6) is -0.175. The molecule has 2 rings (SSSR count). The first-order valence-electron chi connectivity index (χ1n) is 7.71. The molecule has 0 radical (unpaired) electrons. The van der Waals surface area contributed by atoms with Crippen molar-refractivity contribution in [2.75, 3.05) is 0 Å². The van der Waals surface area contributed by atoms with Gasteiger partial charge in [0.05, 0.1) is 6.26 Å². The lowest BCUT2D eigenvalue weighted by molar-refractivity contribution is -0.137. The molecule has 0 spiro atoms. The SMILES string of the molecule is O=C(O)CCC(Cc1ccccc1)NC(=O)CCc1ccco1. The van der Waals surface area contributed by atoms with Crippen LogP contribution in [0.15, 0.2) is 53.1 Å². The monoisotopic (exact) mass is 315 g/mol. The molecular formula is C18H21NO4. The van der Waals surface area contributed by atoms with Crippen molar-refractivity contribution in [2.24, 2.45) is 0 Å². The highest BCUT2D eigenvalue weighted by atomic mass is 16.4. The second-order valence-corrected chi connectivity index (χ2v) is 5.47. The van der Waals surface area contributed by atoms with Crippen LogP contribution in [0.5, 0.6) is 0 Å². The number of aryl methyl sites for hydroxylation is 1. The van der Waals surface area contributed by atoms with E-state index >= 15 is 0 Å². The van der Waals surface area contributed by atoms with E-state index in [9.17, 15) is 9.59 Å². The third kappa shape index (κ3) is 6.38. The van der Waals surface area contributed by atoms with E-state index in [4.69, 9.17) is 9.52 Å². The summed E-state index contributed by atoms with van der Waals surface area (Å²) in [6.45, 7) is 0. The normalized spacial score (nSPS) is 11.8. The molecule has 1 aromatic carbocycles. The Morgan fingerprint density at radius 3 is 2.52 bits per heavy atom. The van der Waals surface area contributed by atoms with Crippen LogP contribution in [-0.2, 0) is 22.4 Å². The third-order valence-corrected chi connectivity index (χ3v) is 3.58. The maximum atomic E-state index is 12.1. The van der Waals surface area contributed by atoms with E-state index in [1.165, 1.54) is 0 Å². The van der Waals surface area contributed by atoms with Crippen molar-refractivity contribution in [3.05, 3.63) is 60.1 Å². The molecule has 0 saturated heterocycles. The average molecular weight is 315 g/mol. The van der Waals surface area contributed by atoms with Crippen molar-refractivity contribution < 1.29 is 19.1 Å². The van der Waals surface area contributed by atoms with E-state index in [1.807, 2.05) is 36.4 Å². The second kappa shape index (κ2) is 8.78. The zero-order valence-corrected chi connectivity index (χ0v) is 12.9. The molecule has 2 aromatic rings. The molecule has 0 bridgehead atoms. The Labute approximate surface area is 135 Å². The van der Waals surface area contributed by atoms with Crippen LogP contribution in [0, 0.1) is 0 Å². The summed E-state index contributed by atoms with van der Waals surface area (Å²) in [7, 11) is 0. The Bertz CT molecular complexity index is 607. The fraction of sp³-hybridized carbons (Fsp3) is 0.333. The molecule has 1 unspecified atom stereocenters. The van der Waals surface area contributed by atoms with Crippen LogP contribution >= 0.6 is 0 Å². The van der Waals surface area contributed by atoms with Gasteiger partial charge in [-0.3, -0.25) is 9.59 Å². The lowest BCUT2D eigenvalue weighted by atomic mass is 10.0. The minimum absolute atomic E-state index is 0.0377. The molecular weight excluding hydrogens is 294 g/mol. The Morgan fingerprint density at radius 2 is 1.87 bits per heavy atom. The number of furan rings is 1. The van der Waals surface area contributed by atoms with Gasteiger partial charge in [-0.05, 0) is 30.5 Å². The molecule has 0 aliphatic rings. The van der Waals surface area contributed by atoms with Gasteiger partial charge in [-0.25, -0.2) is 0 Å². The zero-order valence-electron chi connectivity index (χ0n) is 12.9. The molecule has 0 fully saturated rings. The van der Waals surface area contributed by atoms with Crippen molar-refractivity contribution in [1.82, 2.24) is 5.32 Å². The van der Waals surface area contributed by atoms with Crippen LogP contribution in [0.25, 0.3) is 0 Å². The average Bonchev–Trinajstić information content (AvgIpc) is 3.05. The van der Waals surface area contributed by atoms with E-state index in [2.05, 4.69) is 5.32 Å². The maximum absolute atomic E-state index is 12.1. The predicted molar refractivity (Wildman–Crippen MR) is 86.0 cm³/mol. The van der Waals surface area contributed by atoms with Gasteiger partial charge in [0, 0.05) is 25.3 Å². The molecule has 23 heavy (non-hydrogen) atoms. The van der Waals surface area contributed by atoms with Crippen molar-refractivity contribution in [3.63, 3.8) is 0 Å². The minimum Gasteiger partial charge on any atom is -0.481 e. The quantitative estimate of drug-likeness (QED) is 0.746. The Kier molecular flexibility index (Phi) is 6.41. The van der Waals surface area contributed by atoms with Crippen molar-refractivity contribution in [1.29, 1.82) is 0 Å². The molecule has 122 valence electrons. The van der Waals surface area contributed by atoms with Gasteiger partial charge < -0.3 is 14.8 Å². The molecule has 0 aliphatic heterocycles. The standard InChI is InChI=1S/C18H21NO4/c20-17(10-9-16-7-4-12-23-16)19-15(8-11-18(21)22)13-14-5-2-1-3-6-14/h1-7,12,15H,8-11,13H2,(H,19,20)(H,21,22). The lowest BCUT2D eigenvalue weighted by Gasteiger charge is -2.18. The fourth-order valence-electron chi connectivity index (χ4n) is 2.41. The molecule has 1 amide bonds. The topological polar surface area (TPSA) is 79.5 Å². The smallest absolute Gasteiger partial charge is 0.303 e. The van der Waals surface area contributed by atoms with Crippen molar-refractivity contribution in [2.45, 2.75) is 38.1 Å². The van der Waals surface area contributed by atoms with E-state index in [0.29, 0.717) is 25.7 Å². The van der Waals surface area contributed by atoms with Crippen LogP contribution in [0.3, 0.4) is 0 Å². The van der Waals surface area contributed by atoms with E-state index in [0.717, 1.165) is 11.3 Å². The second-order valence-electron chi connectivity index (χ2n) is 5.47. The highest BCUT2D eigenvalue weighted by Gasteiger charge is 2.15. The Hall–Kier alpha value is -2.56. The Balaban J connectivity index is 1.87. The van der Waals surface area contributed by atoms with Crippen molar-refractivity contribution >= 4 is 11.9 Å². The van der Waals surface area contributed by atoms with Crippen molar-refractivity contribution in [3.8, 4) is 0 Å². The highest BCUT2D eigenvalue weighted by molar-refractivity contribution is 5.76. The van der Waals surface area contributed by atoms with Gasteiger partial charge in [-0.1, -0.05) is 30.3 Å². The van der Waals surface area contributed by atoms with Crippen LogP contribution in [0.4, 0.5) is 0 Å². The van der Waals surface area contributed by atoms with Gasteiger partial charge in [0.25, 0.3) is 0 Å². The number of benzene rings is 1. The number of carboxylic acid groups (broad SMARTS) is 1. The number of nitrogens with one attached hydrogen (secondary N) is 1. The van der Waals surface area contributed by atoms with Crippen LogP contribution in [-0.4, -0.2) is 23.0 Å². The number of aliphatic carboxylic acids is 1. The number of amides is 1. The van der Waals surface area contributed by atoms with Gasteiger partial charge in [0.15, 0.2) is 0 Å². The summed E-state index contributed by atoms with van der Waals surface area (Å²) in [5.41, 5.74) is 1.08. The zero-order chi connectivity index (χ0) is 16.5. The van der Waals surface area contributed by atoms with Crippen LogP contribution in [0.1, 0.15) is 30.6 Å². The molecule has 5 heteroatoms. The first-order chi connectivity index (χ1) is 11.1. The first kappa shape index (κ1) is 16.8. The fourth-order valence-corrected chi connectivity index (χ4v) is 2.41. The molecule has 0 saturated carbocycles. The number of rotatable bonds is 9. The summed E-state index contributed by atoms with van der Waals surface area (Å²) < 4.78 is 5.21. The van der Waals surface area contributed by atoms with E-state index < -0.39 is 5.97 Å². The highest BCUT2D eigenvalue weighted by Crippen LogP contribution is 2.09. The molecule has 1 heterocycles. The largest absolute Gasteiger partial charge is 0.481 e. The maximum Gasteiger partial charge on any atom is 0.303 e. The summed E-state index contributed by atoms with van der Waals surface area (Å²) in [5, 5.41) is 11.8. The number of hydrogen-bond acceptors (Lipinski definition) is 3. The first-order valence-corrected chi connectivity index (χ1v) is 7.71.